The van der Waals surface area contributed by atoms with Gasteiger partial charge in [0.15, 0.2) is 0 Å². The third-order valence-electron chi connectivity index (χ3n) is 7.66. The smallest absolute Gasteiger partial charge is 0.233 e. The van der Waals surface area contributed by atoms with Crippen LogP contribution in [0.15, 0.2) is 78.9 Å². The number of piperidine rings is 1. The van der Waals surface area contributed by atoms with Crippen LogP contribution in [0.25, 0.3) is 0 Å². The van der Waals surface area contributed by atoms with E-state index < -0.39 is 5.82 Å². The van der Waals surface area contributed by atoms with Crippen molar-refractivity contribution in [3.63, 3.8) is 0 Å². The topological polar surface area (TPSA) is 69.7 Å². The molecule has 0 atom stereocenters. The number of hydrogen-bond acceptors (Lipinski definition) is 4. The van der Waals surface area contributed by atoms with Crippen molar-refractivity contribution in [2.45, 2.75) is 57.8 Å². The van der Waals surface area contributed by atoms with Crippen molar-refractivity contribution in [1.82, 2.24) is 9.80 Å². The van der Waals surface area contributed by atoms with Crippen LogP contribution in [0.3, 0.4) is 0 Å². The number of nitrogens with one attached hydrogen (secondary N) is 1. The van der Waals surface area contributed by atoms with Gasteiger partial charge in [-0.05, 0) is 80.1 Å². The summed E-state index contributed by atoms with van der Waals surface area (Å²) in [5.74, 6) is -0.631. The van der Waals surface area contributed by atoms with Gasteiger partial charge < -0.3 is 10.2 Å². The van der Waals surface area contributed by atoms with Crippen LogP contribution < -0.4 is 5.32 Å². The van der Waals surface area contributed by atoms with Crippen LogP contribution in [0.2, 0.25) is 0 Å². The second-order valence-corrected chi connectivity index (χ2v) is 10.8. The number of carbonyl (C=O) groups is 3. The Balaban J connectivity index is 1.30. The van der Waals surface area contributed by atoms with Crippen molar-refractivity contribution in [2.24, 2.45) is 0 Å². The summed E-state index contributed by atoms with van der Waals surface area (Å²) in [5.41, 5.74) is 3.09. The van der Waals surface area contributed by atoms with Gasteiger partial charge in [-0.25, -0.2) is 4.39 Å². The lowest BCUT2D eigenvalue weighted by Gasteiger charge is -2.33. The van der Waals surface area contributed by atoms with E-state index in [1.807, 2.05) is 73.7 Å². The van der Waals surface area contributed by atoms with E-state index in [0.717, 1.165) is 49.2 Å². The summed E-state index contributed by atoms with van der Waals surface area (Å²) in [4.78, 5) is 42.2. The van der Waals surface area contributed by atoms with Crippen molar-refractivity contribution in [2.75, 3.05) is 31.5 Å². The fourth-order valence-electron chi connectivity index (χ4n) is 5.40. The third-order valence-corrected chi connectivity index (χ3v) is 7.66. The molecule has 1 aliphatic heterocycles. The van der Waals surface area contributed by atoms with E-state index in [9.17, 15) is 18.8 Å². The lowest BCUT2D eigenvalue weighted by Crippen LogP contribution is -2.41. The molecule has 3 amide bonds. The molecule has 0 unspecified atom stereocenters. The zero-order chi connectivity index (χ0) is 29.0. The molecule has 41 heavy (non-hydrogen) atoms. The third kappa shape index (κ3) is 9.08. The molecule has 1 aliphatic rings. The van der Waals surface area contributed by atoms with Crippen LogP contribution in [0, 0.1) is 5.82 Å². The predicted molar refractivity (Wildman–Crippen MR) is 160 cm³/mol. The van der Waals surface area contributed by atoms with Crippen LogP contribution in [0.4, 0.5) is 10.1 Å². The summed E-state index contributed by atoms with van der Waals surface area (Å²) >= 11 is 0. The Labute approximate surface area is 242 Å². The van der Waals surface area contributed by atoms with E-state index in [4.69, 9.17) is 0 Å². The molecular weight excluding hydrogens is 517 g/mol. The molecule has 0 aromatic heterocycles. The highest BCUT2D eigenvalue weighted by molar-refractivity contribution is 5.97. The summed E-state index contributed by atoms with van der Waals surface area (Å²) in [6.07, 6.45) is 4.04. The number of imide groups is 1. The highest BCUT2D eigenvalue weighted by atomic mass is 19.1. The number of benzene rings is 3. The van der Waals surface area contributed by atoms with Gasteiger partial charge in [0.2, 0.25) is 17.7 Å². The number of anilines is 1. The van der Waals surface area contributed by atoms with Gasteiger partial charge in [0.05, 0.1) is 18.5 Å². The highest BCUT2D eigenvalue weighted by Crippen LogP contribution is 2.31. The number of rotatable bonds is 12. The van der Waals surface area contributed by atoms with Crippen molar-refractivity contribution in [1.29, 1.82) is 0 Å². The average molecular weight is 558 g/mol. The molecule has 7 heteroatoms. The van der Waals surface area contributed by atoms with E-state index in [-0.39, 0.29) is 36.3 Å². The Morgan fingerprint density at radius 2 is 1.46 bits per heavy atom. The van der Waals surface area contributed by atoms with E-state index in [1.54, 1.807) is 6.07 Å². The first kappa shape index (κ1) is 30.1. The first-order valence-corrected chi connectivity index (χ1v) is 14.7. The SMILES string of the molecule is CCCC(=O)Nc1cc(C2CCN(CCCN(C(=O)Cc3ccccc3)C(=O)Cc3ccccc3)CC2)ccc1F. The molecule has 3 aromatic rings. The summed E-state index contributed by atoms with van der Waals surface area (Å²) in [7, 11) is 0. The maximum absolute atomic E-state index is 14.3. The maximum Gasteiger partial charge on any atom is 0.233 e. The normalized spacial score (nSPS) is 14.0. The van der Waals surface area contributed by atoms with E-state index in [1.165, 1.54) is 11.0 Å². The molecule has 0 spiro atoms. The Kier molecular flexibility index (Phi) is 11.2. The maximum atomic E-state index is 14.3. The molecule has 3 aromatic carbocycles. The second-order valence-electron chi connectivity index (χ2n) is 10.8. The first-order chi connectivity index (χ1) is 19.9. The molecular formula is C34H40FN3O3. The predicted octanol–water partition coefficient (Wildman–Crippen LogP) is 5.97. The lowest BCUT2D eigenvalue weighted by atomic mass is 9.89. The largest absolute Gasteiger partial charge is 0.324 e. The molecule has 0 bridgehead atoms. The fraction of sp³-hybridized carbons (Fsp3) is 0.382. The number of nitrogens with zero attached hydrogens (tertiary/aromatic N) is 2. The Morgan fingerprint density at radius 1 is 0.878 bits per heavy atom. The minimum absolute atomic E-state index is 0.170. The standard InChI is InChI=1S/C34H40FN3O3/c1-2-10-32(39)36-31-25-29(15-16-30(31)35)28-17-21-37(22-18-28)19-9-20-38(33(40)23-26-11-5-3-6-12-26)34(41)24-27-13-7-4-8-14-27/h3-8,11-16,25,28H,2,9-10,17-24H2,1H3,(H,36,39). The number of halogens is 1. The molecule has 1 N–H and O–H groups in total. The van der Waals surface area contributed by atoms with Crippen LogP contribution in [-0.4, -0.2) is 53.7 Å². The fourth-order valence-corrected chi connectivity index (χ4v) is 5.40. The van der Waals surface area contributed by atoms with Gasteiger partial charge in [0.25, 0.3) is 0 Å². The first-order valence-electron chi connectivity index (χ1n) is 14.7. The van der Waals surface area contributed by atoms with E-state index in [2.05, 4.69) is 10.2 Å². The van der Waals surface area contributed by atoms with E-state index in [0.29, 0.717) is 31.7 Å². The molecule has 0 radical (unpaired) electrons. The molecule has 1 heterocycles. The number of amides is 3. The molecule has 0 saturated carbocycles. The number of carbonyl (C=O) groups excluding carboxylic acids is 3. The van der Waals surface area contributed by atoms with Crippen molar-refractivity contribution < 1.29 is 18.8 Å². The van der Waals surface area contributed by atoms with Gasteiger partial charge in [-0.1, -0.05) is 73.7 Å². The van der Waals surface area contributed by atoms with Crippen LogP contribution in [0.1, 0.15) is 61.6 Å². The zero-order valence-corrected chi connectivity index (χ0v) is 23.9. The van der Waals surface area contributed by atoms with Crippen LogP contribution >= 0.6 is 0 Å². The zero-order valence-electron chi connectivity index (χ0n) is 23.9. The van der Waals surface area contributed by atoms with Gasteiger partial charge in [0.1, 0.15) is 5.82 Å². The van der Waals surface area contributed by atoms with Crippen LogP contribution in [0.5, 0.6) is 0 Å². The molecule has 0 aliphatic carbocycles. The lowest BCUT2D eigenvalue weighted by molar-refractivity contribution is -0.144. The molecule has 216 valence electrons. The van der Waals surface area contributed by atoms with Gasteiger partial charge in [-0.3, -0.25) is 19.3 Å². The monoisotopic (exact) mass is 557 g/mol. The summed E-state index contributed by atoms with van der Waals surface area (Å²) in [5, 5.41) is 2.70. The van der Waals surface area contributed by atoms with Crippen molar-refractivity contribution in [3.8, 4) is 0 Å². The molecule has 4 rings (SSSR count). The highest BCUT2D eigenvalue weighted by Gasteiger charge is 2.24. The van der Waals surface area contributed by atoms with Crippen molar-refractivity contribution in [3.05, 3.63) is 101 Å². The van der Waals surface area contributed by atoms with Crippen LogP contribution in [-0.2, 0) is 27.2 Å². The Morgan fingerprint density at radius 3 is 2.02 bits per heavy atom. The number of hydrogen-bond donors (Lipinski definition) is 1. The Bertz CT molecular complexity index is 1240. The average Bonchev–Trinajstić information content (AvgIpc) is 2.98. The second kappa shape index (κ2) is 15.2. The summed E-state index contributed by atoms with van der Waals surface area (Å²) in [6.45, 7) is 4.87. The summed E-state index contributed by atoms with van der Waals surface area (Å²) in [6, 6.07) is 24.1. The van der Waals surface area contributed by atoms with Gasteiger partial charge >= 0.3 is 0 Å². The molecule has 1 saturated heterocycles. The summed E-state index contributed by atoms with van der Waals surface area (Å²) < 4.78 is 14.3. The van der Waals surface area contributed by atoms with Crippen molar-refractivity contribution >= 4 is 23.4 Å². The minimum atomic E-state index is -0.413. The van der Waals surface area contributed by atoms with Gasteiger partial charge in [-0.2, -0.15) is 0 Å². The quantitative estimate of drug-likeness (QED) is 0.298. The van der Waals surface area contributed by atoms with Gasteiger partial charge in [-0.15, -0.1) is 0 Å². The molecule has 6 nitrogen and oxygen atoms in total. The van der Waals surface area contributed by atoms with E-state index >= 15 is 0 Å². The molecule has 1 fully saturated rings. The number of likely N-dealkylation sites (tertiary alicyclic amines) is 1. The minimum Gasteiger partial charge on any atom is -0.324 e. The van der Waals surface area contributed by atoms with Gasteiger partial charge in [0, 0.05) is 13.0 Å². The Hall–Kier alpha value is -3.84.